The monoisotopic (exact) mass is 240 g/mol. The molecule has 3 nitrogen and oxygen atoms in total. The lowest BCUT2D eigenvalue weighted by molar-refractivity contribution is -0.0460. The molecule has 0 aromatic carbocycles. The molecule has 0 aromatic heterocycles. The number of aliphatic hydroxyl groups is 1. The van der Waals surface area contributed by atoms with Crippen LogP contribution in [0.15, 0.2) is 0 Å². The number of rotatable bonds is 2. The first-order chi connectivity index (χ1) is 7.99. The Kier molecular flexibility index (Phi) is 4.11. The lowest BCUT2D eigenvalue weighted by Gasteiger charge is -2.43. The van der Waals surface area contributed by atoms with Gasteiger partial charge in [0.05, 0.1) is 6.10 Å². The molecule has 1 aliphatic heterocycles. The summed E-state index contributed by atoms with van der Waals surface area (Å²) in [5.41, 5.74) is 0.121. The van der Waals surface area contributed by atoms with E-state index in [0.717, 1.165) is 6.54 Å². The molecule has 2 atom stereocenters. The number of hydrogen-bond acceptors (Lipinski definition) is 3. The van der Waals surface area contributed by atoms with E-state index in [-0.39, 0.29) is 11.5 Å². The van der Waals surface area contributed by atoms with Crippen molar-refractivity contribution in [3.8, 4) is 0 Å². The Bertz CT molecular complexity index is 247. The summed E-state index contributed by atoms with van der Waals surface area (Å²) < 4.78 is 0. The maximum atomic E-state index is 10.4. The van der Waals surface area contributed by atoms with Crippen LogP contribution >= 0.6 is 0 Å². The average molecular weight is 240 g/mol. The van der Waals surface area contributed by atoms with Gasteiger partial charge in [-0.3, -0.25) is 0 Å². The summed E-state index contributed by atoms with van der Waals surface area (Å²) in [7, 11) is 2.19. The molecule has 2 aliphatic rings. The lowest BCUT2D eigenvalue weighted by atomic mass is 9.69. The van der Waals surface area contributed by atoms with Gasteiger partial charge >= 0.3 is 0 Å². The Morgan fingerprint density at radius 3 is 2.47 bits per heavy atom. The maximum absolute atomic E-state index is 10.4. The zero-order chi connectivity index (χ0) is 12.5. The lowest BCUT2D eigenvalue weighted by Crippen LogP contribution is -2.50. The number of nitrogens with zero attached hydrogens (tertiary/aromatic N) is 2. The first kappa shape index (κ1) is 13.3. The van der Waals surface area contributed by atoms with E-state index in [2.05, 4.69) is 30.7 Å². The van der Waals surface area contributed by atoms with Gasteiger partial charge in [0.2, 0.25) is 0 Å². The summed E-state index contributed by atoms with van der Waals surface area (Å²) in [5, 5.41) is 10.4. The van der Waals surface area contributed by atoms with E-state index in [9.17, 15) is 5.11 Å². The Balaban J connectivity index is 1.86. The van der Waals surface area contributed by atoms with Crippen LogP contribution < -0.4 is 0 Å². The predicted octanol–water partition coefficient (Wildman–Crippen LogP) is 1.42. The van der Waals surface area contributed by atoms with E-state index >= 15 is 0 Å². The summed E-state index contributed by atoms with van der Waals surface area (Å²) in [5.74, 6) is 0.488. The van der Waals surface area contributed by atoms with E-state index in [0.29, 0.717) is 5.92 Å². The van der Waals surface area contributed by atoms with Crippen molar-refractivity contribution in [3.05, 3.63) is 0 Å². The zero-order valence-electron chi connectivity index (χ0n) is 11.7. The van der Waals surface area contributed by atoms with Crippen LogP contribution in [-0.4, -0.2) is 60.8 Å². The first-order valence-corrected chi connectivity index (χ1v) is 7.08. The van der Waals surface area contributed by atoms with E-state index in [4.69, 9.17) is 0 Å². The molecule has 3 heteroatoms. The molecule has 0 aromatic rings. The molecule has 0 radical (unpaired) electrons. The predicted molar refractivity (Wildman–Crippen MR) is 71.1 cm³/mol. The quantitative estimate of drug-likeness (QED) is 0.791. The second-order valence-electron chi connectivity index (χ2n) is 6.69. The minimum Gasteiger partial charge on any atom is -0.392 e. The van der Waals surface area contributed by atoms with Gasteiger partial charge < -0.3 is 14.9 Å². The Labute approximate surface area is 106 Å². The topological polar surface area (TPSA) is 26.7 Å². The highest BCUT2D eigenvalue weighted by Crippen LogP contribution is 2.39. The van der Waals surface area contributed by atoms with Crippen molar-refractivity contribution in [2.24, 2.45) is 11.3 Å². The molecule has 1 saturated carbocycles. The first-order valence-electron chi connectivity index (χ1n) is 7.08. The molecule has 0 amide bonds. The molecular formula is C14H28N2O. The summed E-state index contributed by atoms with van der Waals surface area (Å²) in [6.07, 6.45) is 3.54. The second kappa shape index (κ2) is 5.25. The van der Waals surface area contributed by atoms with Crippen molar-refractivity contribution >= 4 is 0 Å². The van der Waals surface area contributed by atoms with Crippen molar-refractivity contribution in [1.82, 2.24) is 9.80 Å². The van der Waals surface area contributed by atoms with Crippen molar-refractivity contribution in [2.75, 3.05) is 39.8 Å². The van der Waals surface area contributed by atoms with E-state index in [1.807, 2.05) is 0 Å². The molecule has 2 fully saturated rings. The van der Waals surface area contributed by atoms with E-state index in [1.54, 1.807) is 0 Å². The highest BCUT2D eigenvalue weighted by molar-refractivity contribution is 4.89. The van der Waals surface area contributed by atoms with Crippen molar-refractivity contribution in [2.45, 2.75) is 39.2 Å². The van der Waals surface area contributed by atoms with Crippen LogP contribution in [0.1, 0.15) is 33.1 Å². The number of hydrogen-bond donors (Lipinski definition) is 1. The average Bonchev–Trinajstić information content (AvgIpc) is 2.28. The fourth-order valence-electron chi connectivity index (χ4n) is 3.32. The van der Waals surface area contributed by atoms with Crippen LogP contribution in [0.25, 0.3) is 0 Å². The molecule has 1 heterocycles. The fraction of sp³-hybridized carbons (Fsp3) is 1.00. The number of likely N-dealkylation sites (N-methyl/N-ethyl adjacent to an activating group) is 1. The third-order valence-electron chi connectivity index (χ3n) is 4.73. The van der Waals surface area contributed by atoms with Crippen LogP contribution in [0.2, 0.25) is 0 Å². The highest BCUT2D eigenvalue weighted by Gasteiger charge is 2.38. The molecular weight excluding hydrogens is 212 g/mol. The van der Waals surface area contributed by atoms with Gasteiger partial charge in [0, 0.05) is 32.7 Å². The minimum absolute atomic E-state index is 0.115. The summed E-state index contributed by atoms with van der Waals surface area (Å²) in [6, 6.07) is 0. The highest BCUT2D eigenvalue weighted by atomic mass is 16.3. The summed E-state index contributed by atoms with van der Waals surface area (Å²) in [4.78, 5) is 4.92. The van der Waals surface area contributed by atoms with Gasteiger partial charge in [0.15, 0.2) is 0 Å². The van der Waals surface area contributed by atoms with Gasteiger partial charge in [-0.05, 0) is 31.2 Å². The molecule has 1 aliphatic carbocycles. The third-order valence-corrected chi connectivity index (χ3v) is 4.73. The van der Waals surface area contributed by atoms with Gasteiger partial charge in [0.1, 0.15) is 0 Å². The van der Waals surface area contributed by atoms with Crippen molar-refractivity contribution in [1.29, 1.82) is 0 Å². The number of piperazine rings is 1. The molecule has 2 rings (SSSR count). The molecule has 0 spiro atoms. The summed E-state index contributed by atoms with van der Waals surface area (Å²) in [6.45, 7) is 10.2. The van der Waals surface area contributed by atoms with Crippen LogP contribution in [0.4, 0.5) is 0 Å². The summed E-state index contributed by atoms with van der Waals surface area (Å²) >= 11 is 0. The Hall–Kier alpha value is -0.120. The smallest absolute Gasteiger partial charge is 0.0631 e. The molecule has 1 N–H and O–H groups in total. The van der Waals surface area contributed by atoms with Gasteiger partial charge in [0.25, 0.3) is 0 Å². The fourth-order valence-corrected chi connectivity index (χ4v) is 3.32. The molecule has 1 saturated heterocycles. The Morgan fingerprint density at radius 2 is 1.82 bits per heavy atom. The molecule has 17 heavy (non-hydrogen) atoms. The molecule has 2 unspecified atom stereocenters. The zero-order valence-corrected chi connectivity index (χ0v) is 11.7. The third kappa shape index (κ3) is 3.21. The molecule has 100 valence electrons. The van der Waals surface area contributed by atoms with Crippen LogP contribution in [0, 0.1) is 11.3 Å². The largest absolute Gasteiger partial charge is 0.392 e. The van der Waals surface area contributed by atoms with Gasteiger partial charge in [-0.1, -0.05) is 20.3 Å². The van der Waals surface area contributed by atoms with Crippen LogP contribution in [0.5, 0.6) is 0 Å². The number of aliphatic hydroxyl groups excluding tert-OH is 1. The second-order valence-corrected chi connectivity index (χ2v) is 6.69. The minimum atomic E-state index is -0.115. The van der Waals surface area contributed by atoms with Gasteiger partial charge in [-0.2, -0.15) is 0 Å². The van der Waals surface area contributed by atoms with E-state index < -0.39 is 0 Å². The maximum Gasteiger partial charge on any atom is 0.0631 e. The SMILES string of the molecule is CN1CCN(CC2CCCC(C)(C)C2O)CC1. The normalized spacial score (nSPS) is 36.0. The molecule has 0 bridgehead atoms. The van der Waals surface area contributed by atoms with Crippen molar-refractivity contribution in [3.63, 3.8) is 0 Å². The van der Waals surface area contributed by atoms with Gasteiger partial charge in [-0.15, -0.1) is 0 Å². The van der Waals surface area contributed by atoms with Crippen molar-refractivity contribution < 1.29 is 5.11 Å². The Morgan fingerprint density at radius 1 is 1.18 bits per heavy atom. The standard InChI is InChI=1S/C14H28N2O/c1-14(2)6-4-5-12(13(14)17)11-16-9-7-15(3)8-10-16/h12-13,17H,4-11H2,1-3H3. The van der Waals surface area contributed by atoms with Crippen LogP contribution in [-0.2, 0) is 0 Å². The van der Waals surface area contributed by atoms with Gasteiger partial charge in [-0.25, -0.2) is 0 Å². The van der Waals surface area contributed by atoms with Crippen LogP contribution in [0.3, 0.4) is 0 Å². The van der Waals surface area contributed by atoms with E-state index in [1.165, 1.54) is 45.4 Å².